The van der Waals surface area contributed by atoms with Crippen molar-refractivity contribution in [2.45, 2.75) is 26.2 Å². The first kappa shape index (κ1) is 15.0. The maximum atomic E-state index is 12.7. The largest absolute Gasteiger partial charge is 0.381 e. The van der Waals surface area contributed by atoms with Crippen molar-refractivity contribution in [1.29, 1.82) is 0 Å². The van der Waals surface area contributed by atoms with Crippen LogP contribution in [0.15, 0.2) is 30.3 Å². The summed E-state index contributed by atoms with van der Waals surface area (Å²) in [6, 6.07) is 7.81. The molecule has 1 fully saturated rings. The average molecular weight is 299 g/mol. The molecule has 4 heteroatoms. The van der Waals surface area contributed by atoms with Crippen molar-refractivity contribution in [3.05, 3.63) is 41.5 Å². The molecule has 2 heterocycles. The molecule has 0 aliphatic carbocycles. The second-order valence-corrected chi connectivity index (χ2v) is 5.88. The van der Waals surface area contributed by atoms with Crippen molar-refractivity contribution in [2.75, 3.05) is 19.8 Å². The Morgan fingerprint density at radius 1 is 1.18 bits per heavy atom. The minimum absolute atomic E-state index is 0.155. The summed E-state index contributed by atoms with van der Waals surface area (Å²) in [4.78, 5) is 26.3. The zero-order chi connectivity index (χ0) is 15.5. The van der Waals surface area contributed by atoms with Crippen LogP contribution in [0.3, 0.4) is 0 Å². The van der Waals surface area contributed by atoms with E-state index in [9.17, 15) is 9.59 Å². The first-order valence-corrected chi connectivity index (χ1v) is 7.94. The number of benzene rings is 1. The lowest BCUT2D eigenvalue weighted by molar-refractivity contribution is -0.137. The Labute approximate surface area is 130 Å². The molecule has 3 rings (SSSR count). The molecule has 1 aromatic rings. The summed E-state index contributed by atoms with van der Waals surface area (Å²) in [7, 11) is 0. The third-order valence-electron chi connectivity index (χ3n) is 4.48. The summed E-state index contributed by atoms with van der Waals surface area (Å²) in [6.45, 7) is 4.01. The Morgan fingerprint density at radius 2 is 1.91 bits per heavy atom. The second kappa shape index (κ2) is 6.44. The normalized spacial score (nSPS) is 19.7. The summed E-state index contributed by atoms with van der Waals surface area (Å²) in [6.07, 6.45) is 4.17. The number of nitrogens with zero attached hydrogens (tertiary/aromatic N) is 1. The predicted molar refractivity (Wildman–Crippen MR) is 84.1 cm³/mol. The average Bonchev–Trinajstić information content (AvgIpc) is 2.84. The minimum Gasteiger partial charge on any atom is -0.381 e. The number of imide groups is 1. The molecule has 2 amide bonds. The quantitative estimate of drug-likeness (QED) is 0.802. The summed E-state index contributed by atoms with van der Waals surface area (Å²) in [5.41, 5.74) is 2.52. The molecule has 0 atom stereocenters. The molecule has 0 radical (unpaired) electrons. The summed E-state index contributed by atoms with van der Waals surface area (Å²) >= 11 is 0. The highest BCUT2D eigenvalue weighted by atomic mass is 16.5. The third-order valence-corrected chi connectivity index (χ3v) is 4.48. The number of amides is 2. The number of rotatable bonds is 4. The molecule has 0 unspecified atom stereocenters. The first-order chi connectivity index (χ1) is 10.7. The molecule has 4 nitrogen and oxygen atoms in total. The topological polar surface area (TPSA) is 46.6 Å². The van der Waals surface area contributed by atoms with Gasteiger partial charge in [-0.25, -0.2) is 0 Å². The zero-order valence-corrected chi connectivity index (χ0v) is 12.9. The van der Waals surface area contributed by atoms with Gasteiger partial charge in [0.1, 0.15) is 0 Å². The lowest BCUT2D eigenvalue weighted by atomic mass is 9.97. The fourth-order valence-electron chi connectivity index (χ4n) is 3.15. The molecule has 1 aromatic carbocycles. The van der Waals surface area contributed by atoms with E-state index in [2.05, 4.69) is 6.92 Å². The van der Waals surface area contributed by atoms with Crippen LogP contribution in [0.1, 0.15) is 30.9 Å². The molecule has 22 heavy (non-hydrogen) atoms. The summed E-state index contributed by atoms with van der Waals surface area (Å²) in [5.74, 6) is 0.0191. The lowest BCUT2D eigenvalue weighted by Gasteiger charge is -2.26. The zero-order valence-electron chi connectivity index (χ0n) is 12.9. The molecular weight excluding hydrogens is 278 g/mol. The van der Waals surface area contributed by atoms with E-state index in [0.717, 1.165) is 43.6 Å². The van der Waals surface area contributed by atoms with Crippen LogP contribution in [0.25, 0.3) is 5.57 Å². The van der Waals surface area contributed by atoms with Gasteiger partial charge in [-0.2, -0.15) is 0 Å². The molecule has 2 aliphatic rings. The van der Waals surface area contributed by atoms with Crippen LogP contribution < -0.4 is 0 Å². The second-order valence-electron chi connectivity index (χ2n) is 5.88. The fourth-order valence-corrected chi connectivity index (χ4v) is 3.15. The van der Waals surface area contributed by atoms with Crippen molar-refractivity contribution >= 4 is 17.4 Å². The number of carbonyl (C=O) groups excluding carboxylic acids is 2. The number of hydrogen-bond acceptors (Lipinski definition) is 3. The van der Waals surface area contributed by atoms with Gasteiger partial charge < -0.3 is 4.74 Å². The SMILES string of the molecule is CCc1ccccc1C1=CC(=O)N(CC2CCOCC2)C1=O. The monoisotopic (exact) mass is 299 g/mol. The van der Waals surface area contributed by atoms with E-state index >= 15 is 0 Å². The predicted octanol–water partition coefficient (Wildman–Crippen LogP) is 2.43. The van der Waals surface area contributed by atoms with Crippen LogP contribution in [-0.2, 0) is 20.7 Å². The summed E-state index contributed by atoms with van der Waals surface area (Å²) < 4.78 is 5.34. The van der Waals surface area contributed by atoms with Gasteiger partial charge in [-0.3, -0.25) is 14.5 Å². The molecule has 2 aliphatic heterocycles. The van der Waals surface area contributed by atoms with Crippen molar-refractivity contribution in [3.8, 4) is 0 Å². The summed E-state index contributed by atoms with van der Waals surface area (Å²) in [5, 5.41) is 0. The van der Waals surface area contributed by atoms with Gasteiger partial charge in [-0.1, -0.05) is 31.2 Å². The van der Waals surface area contributed by atoms with Gasteiger partial charge >= 0.3 is 0 Å². The van der Waals surface area contributed by atoms with E-state index in [4.69, 9.17) is 4.74 Å². The smallest absolute Gasteiger partial charge is 0.261 e. The molecular formula is C18H21NO3. The number of hydrogen-bond donors (Lipinski definition) is 0. The van der Waals surface area contributed by atoms with Crippen LogP contribution in [-0.4, -0.2) is 36.5 Å². The van der Waals surface area contributed by atoms with Crippen molar-refractivity contribution < 1.29 is 14.3 Å². The van der Waals surface area contributed by atoms with E-state index in [1.807, 2.05) is 24.3 Å². The Kier molecular flexibility index (Phi) is 4.39. The van der Waals surface area contributed by atoms with E-state index in [-0.39, 0.29) is 11.8 Å². The van der Waals surface area contributed by atoms with Gasteiger partial charge in [0.25, 0.3) is 11.8 Å². The van der Waals surface area contributed by atoms with Gasteiger partial charge in [-0.15, -0.1) is 0 Å². The van der Waals surface area contributed by atoms with Crippen LogP contribution >= 0.6 is 0 Å². The van der Waals surface area contributed by atoms with Crippen molar-refractivity contribution in [2.24, 2.45) is 5.92 Å². The van der Waals surface area contributed by atoms with Gasteiger partial charge in [0.15, 0.2) is 0 Å². The van der Waals surface area contributed by atoms with Crippen molar-refractivity contribution in [1.82, 2.24) is 4.90 Å². The van der Waals surface area contributed by atoms with E-state index in [1.54, 1.807) is 0 Å². The Bertz CT molecular complexity index is 615. The van der Waals surface area contributed by atoms with E-state index in [0.29, 0.717) is 18.0 Å². The molecule has 0 spiro atoms. The Hall–Kier alpha value is -1.94. The third kappa shape index (κ3) is 2.83. The highest BCUT2D eigenvalue weighted by Gasteiger charge is 2.34. The van der Waals surface area contributed by atoms with Gasteiger partial charge in [0.05, 0.1) is 5.57 Å². The minimum atomic E-state index is -0.183. The van der Waals surface area contributed by atoms with Crippen LogP contribution in [0, 0.1) is 5.92 Å². The lowest BCUT2D eigenvalue weighted by Crippen LogP contribution is -2.37. The molecule has 0 N–H and O–H groups in total. The molecule has 0 saturated carbocycles. The molecule has 116 valence electrons. The molecule has 0 bridgehead atoms. The van der Waals surface area contributed by atoms with E-state index in [1.165, 1.54) is 11.0 Å². The van der Waals surface area contributed by atoms with Crippen molar-refractivity contribution in [3.63, 3.8) is 0 Å². The highest BCUT2D eigenvalue weighted by Crippen LogP contribution is 2.28. The Balaban J connectivity index is 1.79. The highest BCUT2D eigenvalue weighted by molar-refractivity contribution is 6.33. The standard InChI is InChI=1S/C18H21NO3/c1-2-14-5-3-4-6-15(14)16-11-17(20)19(18(16)21)12-13-7-9-22-10-8-13/h3-6,11,13H,2,7-10,12H2,1H3. The maximum Gasteiger partial charge on any atom is 0.261 e. The van der Waals surface area contributed by atoms with Crippen LogP contribution in [0.4, 0.5) is 0 Å². The van der Waals surface area contributed by atoms with E-state index < -0.39 is 0 Å². The van der Waals surface area contributed by atoms with Gasteiger partial charge in [0.2, 0.25) is 0 Å². The Morgan fingerprint density at radius 3 is 2.64 bits per heavy atom. The molecule has 0 aromatic heterocycles. The van der Waals surface area contributed by atoms with Crippen LogP contribution in [0.5, 0.6) is 0 Å². The first-order valence-electron chi connectivity index (χ1n) is 7.94. The maximum absolute atomic E-state index is 12.7. The fraction of sp³-hybridized carbons (Fsp3) is 0.444. The van der Waals surface area contributed by atoms with Gasteiger partial charge in [-0.05, 0) is 36.3 Å². The number of ether oxygens (including phenoxy) is 1. The van der Waals surface area contributed by atoms with Gasteiger partial charge in [0, 0.05) is 25.8 Å². The van der Waals surface area contributed by atoms with Crippen LogP contribution in [0.2, 0.25) is 0 Å². The number of carbonyl (C=O) groups is 2. The molecule has 1 saturated heterocycles. The number of aryl methyl sites for hydroxylation is 1.